The van der Waals surface area contributed by atoms with Crippen molar-refractivity contribution in [1.82, 2.24) is 4.90 Å². The van der Waals surface area contributed by atoms with Crippen molar-refractivity contribution >= 4 is 5.97 Å². The second-order valence-corrected chi connectivity index (χ2v) is 6.11. The summed E-state index contributed by atoms with van der Waals surface area (Å²) in [4.78, 5) is 15.1. The Morgan fingerprint density at radius 2 is 1.44 bits per heavy atom. The predicted molar refractivity (Wildman–Crippen MR) is 99.2 cm³/mol. The van der Waals surface area contributed by atoms with E-state index in [4.69, 9.17) is 4.74 Å². The van der Waals surface area contributed by atoms with Crippen LogP contribution in [0.2, 0.25) is 0 Å². The van der Waals surface area contributed by atoms with E-state index in [2.05, 4.69) is 18.7 Å². The zero-order valence-electron chi connectivity index (χ0n) is 15.2. The molecule has 0 aliphatic rings. The van der Waals surface area contributed by atoms with Gasteiger partial charge in [-0.2, -0.15) is 0 Å². The van der Waals surface area contributed by atoms with Gasteiger partial charge in [-0.05, 0) is 31.1 Å². The molecule has 0 saturated carbocycles. The first-order valence-electron chi connectivity index (χ1n) is 8.78. The molecule has 25 heavy (non-hydrogen) atoms. The van der Waals surface area contributed by atoms with Crippen LogP contribution in [0.1, 0.15) is 31.9 Å². The Morgan fingerprint density at radius 1 is 1.00 bits per heavy atom. The van der Waals surface area contributed by atoms with Crippen molar-refractivity contribution in [3.8, 4) is 0 Å². The van der Waals surface area contributed by atoms with Crippen LogP contribution in [0.25, 0.3) is 0 Å². The Bertz CT molecular complexity index is 614. The molecule has 0 aliphatic carbocycles. The number of rotatable bonds is 8. The minimum Gasteiger partial charge on any atom is -0.461 e. The van der Waals surface area contributed by atoms with Gasteiger partial charge in [0.1, 0.15) is 6.61 Å². The fourth-order valence-corrected chi connectivity index (χ4v) is 3.01. The Balaban J connectivity index is 2.26. The number of esters is 1. The van der Waals surface area contributed by atoms with Crippen molar-refractivity contribution in [2.24, 2.45) is 0 Å². The van der Waals surface area contributed by atoms with E-state index in [0.29, 0.717) is 11.1 Å². The zero-order chi connectivity index (χ0) is 18.3. The summed E-state index contributed by atoms with van der Waals surface area (Å²) in [6.45, 7) is 8.18. The summed E-state index contributed by atoms with van der Waals surface area (Å²) in [6, 6.07) is 17.9. The molecule has 0 unspecified atom stereocenters. The number of carbonyl (C=O) groups excluding carboxylic acids is 1. The highest BCUT2D eigenvalue weighted by atomic mass is 16.6. The number of aliphatic hydroxyl groups is 1. The first-order chi connectivity index (χ1) is 12.0. The van der Waals surface area contributed by atoms with E-state index in [1.807, 2.05) is 19.1 Å². The van der Waals surface area contributed by atoms with Crippen molar-refractivity contribution in [1.29, 1.82) is 0 Å². The van der Waals surface area contributed by atoms with Gasteiger partial charge in [-0.3, -0.25) is 4.90 Å². The van der Waals surface area contributed by atoms with E-state index in [9.17, 15) is 9.90 Å². The third-order valence-electron chi connectivity index (χ3n) is 4.57. The topological polar surface area (TPSA) is 49.8 Å². The van der Waals surface area contributed by atoms with Gasteiger partial charge < -0.3 is 9.84 Å². The fraction of sp³-hybridized carbons (Fsp3) is 0.381. The summed E-state index contributed by atoms with van der Waals surface area (Å²) in [5.74, 6) is -0.649. The summed E-state index contributed by atoms with van der Waals surface area (Å²) >= 11 is 0. The van der Waals surface area contributed by atoms with E-state index in [-0.39, 0.29) is 12.6 Å². The molecule has 1 N–H and O–H groups in total. The maximum Gasteiger partial charge on any atom is 0.347 e. The normalized spacial score (nSPS) is 12.8. The van der Waals surface area contributed by atoms with E-state index in [1.165, 1.54) is 0 Å². The number of likely N-dealkylation sites (N-methyl/N-ethyl adjacent to an activating group) is 1. The molecule has 0 bridgehead atoms. The van der Waals surface area contributed by atoms with Gasteiger partial charge in [-0.15, -0.1) is 0 Å². The molecule has 0 fully saturated rings. The number of hydrogen-bond acceptors (Lipinski definition) is 4. The number of carbonyl (C=O) groups is 1. The minimum atomic E-state index is -1.81. The molecule has 0 saturated heterocycles. The van der Waals surface area contributed by atoms with Crippen LogP contribution < -0.4 is 0 Å². The van der Waals surface area contributed by atoms with Crippen LogP contribution in [-0.4, -0.2) is 41.7 Å². The first kappa shape index (κ1) is 19.2. The molecule has 0 heterocycles. The number of benzene rings is 2. The van der Waals surface area contributed by atoms with Gasteiger partial charge in [-0.25, -0.2) is 4.79 Å². The van der Waals surface area contributed by atoms with Crippen LogP contribution >= 0.6 is 0 Å². The van der Waals surface area contributed by atoms with Gasteiger partial charge in [0.05, 0.1) is 0 Å². The zero-order valence-corrected chi connectivity index (χ0v) is 15.2. The molecule has 2 aromatic carbocycles. The molecular formula is C21H27NO3. The smallest absolute Gasteiger partial charge is 0.347 e. The van der Waals surface area contributed by atoms with Crippen LogP contribution in [0, 0.1) is 0 Å². The van der Waals surface area contributed by atoms with Crippen molar-refractivity contribution in [2.45, 2.75) is 32.4 Å². The Morgan fingerprint density at radius 3 is 1.84 bits per heavy atom. The van der Waals surface area contributed by atoms with Gasteiger partial charge in [0, 0.05) is 6.04 Å². The van der Waals surface area contributed by atoms with Crippen molar-refractivity contribution in [2.75, 3.05) is 19.7 Å². The lowest BCUT2D eigenvalue weighted by molar-refractivity contribution is -0.163. The Hall–Kier alpha value is -2.17. The van der Waals surface area contributed by atoms with Crippen LogP contribution in [-0.2, 0) is 15.1 Å². The van der Waals surface area contributed by atoms with Gasteiger partial charge in [0.25, 0.3) is 0 Å². The molecule has 0 aromatic heterocycles. The van der Waals surface area contributed by atoms with Gasteiger partial charge in [0.15, 0.2) is 0 Å². The fourth-order valence-electron chi connectivity index (χ4n) is 3.01. The largest absolute Gasteiger partial charge is 0.461 e. The molecule has 2 rings (SSSR count). The summed E-state index contributed by atoms with van der Waals surface area (Å²) in [5, 5.41) is 11.3. The molecular weight excluding hydrogens is 314 g/mol. The number of hydrogen-bond donors (Lipinski definition) is 1. The van der Waals surface area contributed by atoms with E-state index >= 15 is 0 Å². The lowest BCUT2D eigenvalue weighted by Gasteiger charge is -2.30. The molecule has 0 aliphatic heterocycles. The molecule has 0 radical (unpaired) electrons. The summed E-state index contributed by atoms with van der Waals surface area (Å²) < 4.78 is 5.53. The summed E-state index contributed by atoms with van der Waals surface area (Å²) in [6.07, 6.45) is 0. The number of ether oxygens (including phenoxy) is 1. The third kappa shape index (κ3) is 4.27. The third-order valence-corrected chi connectivity index (χ3v) is 4.57. The molecule has 0 spiro atoms. The molecule has 134 valence electrons. The van der Waals surface area contributed by atoms with Crippen LogP contribution in [0.3, 0.4) is 0 Å². The summed E-state index contributed by atoms with van der Waals surface area (Å²) in [7, 11) is 0. The van der Waals surface area contributed by atoms with E-state index < -0.39 is 11.6 Å². The molecule has 4 nitrogen and oxygen atoms in total. The average Bonchev–Trinajstić information content (AvgIpc) is 2.67. The lowest BCUT2D eigenvalue weighted by Crippen LogP contribution is -2.42. The van der Waals surface area contributed by atoms with Gasteiger partial charge >= 0.3 is 5.97 Å². The first-order valence-corrected chi connectivity index (χ1v) is 8.78. The van der Waals surface area contributed by atoms with E-state index in [0.717, 1.165) is 13.1 Å². The highest BCUT2D eigenvalue weighted by molar-refractivity contribution is 5.85. The van der Waals surface area contributed by atoms with Crippen LogP contribution in [0.5, 0.6) is 0 Å². The molecule has 4 heteroatoms. The summed E-state index contributed by atoms with van der Waals surface area (Å²) in [5.41, 5.74) is -0.811. The average molecular weight is 341 g/mol. The van der Waals surface area contributed by atoms with Gasteiger partial charge in [-0.1, -0.05) is 74.5 Å². The highest BCUT2D eigenvalue weighted by Crippen LogP contribution is 2.31. The predicted octanol–water partition coefficient (Wildman–Crippen LogP) is 3.20. The molecule has 0 amide bonds. The second kappa shape index (κ2) is 8.79. The number of nitrogens with zero attached hydrogens (tertiary/aromatic N) is 1. The second-order valence-electron chi connectivity index (χ2n) is 6.11. The SMILES string of the molecule is CCN(CC)[C@@H](C)COC(=O)C(O)(c1ccccc1)c1ccccc1. The van der Waals surface area contributed by atoms with Crippen LogP contribution in [0.4, 0.5) is 0 Å². The van der Waals surface area contributed by atoms with Crippen LogP contribution in [0.15, 0.2) is 60.7 Å². The highest BCUT2D eigenvalue weighted by Gasteiger charge is 2.41. The monoisotopic (exact) mass is 341 g/mol. The molecule has 1 atom stereocenters. The maximum atomic E-state index is 12.9. The van der Waals surface area contributed by atoms with Crippen molar-refractivity contribution in [3.63, 3.8) is 0 Å². The molecule has 2 aromatic rings. The standard InChI is InChI=1S/C21H27NO3/c1-4-22(5-2)17(3)16-25-20(23)21(24,18-12-8-6-9-13-18)19-14-10-7-11-15-19/h6-15,17,24H,4-5,16H2,1-3H3/t17-/m0/s1. The van der Waals surface area contributed by atoms with Gasteiger partial charge in [0.2, 0.25) is 5.60 Å². The van der Waals surface area contributed by atoms with Crippen molar-refractivity contribution in [3.05, 3.63) is 71.8 Å². The van der Waals surface area contributed by atoms with E-state index in [1.54, 1.807) is 48.5 Å². The Labute approximate surface area is 150 Å². The Kier molecular flexibility index (Phi) is 6.73. The lowest BCUT2D eigenvalue weighted by atomic mass is 9.86. The van der Waals surface area contributed by atoms with Crippen molar-refractivity contribution < 1.29 is 14.6 Å². The minimum absolute atomic E-state index is 0.0924. The maximum absolute atomic E-state index is 12.9. The quantitative estimate of drug-likeness (QED) is 0.749.